The van der Waals surface area contributed by atoms with E-state index in [0.717, 1.165) is 6.20 Å². The lowest BCUT2D eigenvalue weighted by Gasteiger charge is -2.24. The minimum Gasteiger partial charge on any atom is -0.461 e. The Balaban J connectivity index is 1.83. The SMILES string of the molecule is C#C[C@@]1(F)C(O)[C@@H](CO[P@](=O)(Oc2ccccc2)O[C@@H](C)C(=O)OC(C)C)O[C@H]1n1ncc(N)nc1=O. The van der Waals surface area contributed by atoms with Crippen molar-refractivity contribution in [3.05, 3.63) is 47.0 Å². The lowest BCUT2D eigenvalue weighted by molar-refractivity contribution is -0.156. The highest BCUT2D eigenvalue weighted by atomic mass is 31.2. The molecule has 0 bridgehead atoms. The highest BCUT2D eigenvalue weighted by molar-refractivity contribution is 7.49. The van der Waals surface area contributed by atoms with Gasteiger partial charge >= 0.3 is 19.5 Å². The van der Waals surface area contributed by atoms with Crippen LogP contribution in [0.2, 0.25) is 0 Å². The van der Waals surface area contributed by atoms with Crippen molar-refractivity contribution in [1.29, 1.82) is 0 Å². The molecule has 2 aromatic rings. The molecule has 37 heavy (non-hydrogen) atoms. The molecule has 1 aromatic carbocycles. The number of para-hydroxylation sites is 1. The lowest BCUT2D eigenvalue weighted by atomic mass is 9.97. The van der Waals surface area contributed by atoms with Gasteiger partial charge in [-0.15, -0.1) is 6.42 Å². The van der Waals surface area contributed by atoms with Gasteiger partial charge in [-0.25, -0.2) is 18.5 Å². The second-order valence-corrected chi connectivity index (χ2v) is 9.72. The Bertz CT molecular complexity index is 1250. The Morgan fingerprint density at radius 2 is 2.05 bits per heavy atom. The molecule has 15 heteroatoms. The van der Waals surface area contributed by atoms with Crippen LogP contribution >= 0.6 is 7.82 Å². The predicted octanol–water partition coefficient (Wildman–Crippen LogP) is 1.38. The largest absolute Gasteiger partial charge is 0.530 e. The maximum atomic E-state index is 15.6. The van der Waals surface area contributed by atoms with Crippen LogP contribution in [0.4, 0.5) is 10.2 Å². The van der Waals surface area contributed by atoms with Gasteiger partial charge in [0.15, 0.2) is 6.10 Å². The van der Waals surface area contributed by atoms with Crippen LogP contribution in [-0.4, -0.2) is 62.5 Å². The van der Waals surface area contributed by atoms with Gasteiger partial charge in [0.1, 0.15) is 23.8 Å². The first-order valence-electron chi connectivity index (χ1n) is 11.0. The Hall–Kier alpha value is -3.34. The fourth-order valence-electron chi connectivity index (χ4n) is 3.22. The number of terminal acetylenes is 1. The van der Waals surface area contributed by atoms with Crippen molar-refractivity contribution < 1.29 is 41.9 Å². The summed E-state index contributed by atoms with van der Waals surface area (Å²) in [5.74, 6) is 0.753. The molecule has 3 rings (SSSR count). The third-order valence-electron chi connectivity index (χ3n) is 4.95. The number of phosphoric ester groups is 1. The first-order chi connectivity index (χ1) is 17.4. The Morgan fingerprint density at radius 3 is 2.65 bits per heavy atom. The number of nitrogens with zero attached hydrogens (tertiary/aromatic N) is 3. The van der Waals surface area contributed by atoms with Gasteiger partial charge in [0.05, 0.1) is 18.9 Å². The van der Waals surface area contributed by atoms with Crippen LogP contribution < -0.4 is 15.9 Å². The van der Waals surface area contributed by atoms with Crippen LogP contribution in [-0.2, 0) is 27.9 Å². The molecule has 13 nitrogen and oxygen atoms in total. The number of carbonyl (C=O) groups is 1. The Labute approximate surface area is 211 Å². The summed E-state index contributed by atoms with van der Waals surface area (Å²) in [7, 11) is -4.61. The number of nitrogen functional groups attached to an aromatic ring is 1. The van der Waals surface area contributed by atoms with Gasteiger partial charge in [-0.2, -0.15) is 14.8 Å². The number of hydrogen-bond donors (Lipinski definition) is 2. The number of aliphatic hydroxyl groups excluding tert-OH is 1. The molecular weight excluding hydrogens is 514 g/mol. The van der Waals surface area contributed by atoms with Gasteiger partial charge in [-0.1, -0.05) is 24.1 Å². The fraction of sp³-hybridized carbons (Fsp3) is 0.455. The van der Waals surface area contributed by atoms with Crippen LogP contribution in [0.15, 0.2) is 41.3 Å². The highest BCUT2D eigenvalue weighted by Crippen LogP contribution is 2.52. The van der Waals surface area contributed by atoms with E-state index in [1.54, 1.807) is 38.0 Å². The number of hydrogen-bond acceptors (Lipinski definition) is 12. The third kappa shape index (κ3) is 6.51. The summed E-state index contributed by atoms with van der Waals surface area (Å²) < 4.78 is 56.0. The van der Waals surface area contributed by atoms with Crippen LogP contribution in [0.5, 0.6) is 5.75 Å². The van der Waals surface area contributed by atoms with E-state index in [4.69, 9.17) is 35.2 Å². The lowest BCUT2D eigenvalue weighted by Crippen LogP contribution is -2.45. The molecule has 0 amide bonds. The molecule has 0 spiro atoms. The molecule has 6 atom stereocenters. The van der Waals surface area contributed by atoms with Gasteiger partial charge < -0.3 is 24.8 Å². The fourth-order valence-corrected chi connectivity index (χ4v) is 4.56. The van der Waals surface area contributed by atoms with E-state index in [9.17, 15) is 19.3 Å². The highest BCUT2D eigenvalue weighted by Gasteiger charge is 2.59. The summed E-state index contributed by atoms with van der Waals surface area (Å²) >= 11 is 0. The molecule has 1 fully saturated rings. The van der Waals surface area contributed by atoms with Gasteiger partial charge in [-0.3, -0.25) is 9.05 Å². The summed E-state index contributed by atoms with van der Waals surface area (Å²) in [5, 5.41) is 14.3. The van der Waals surface area contributed by atoms with E-state index in [2.05, 4.69) is 10.1 Å². The molecule has 0 saturated carbocycles. The molecule has 1 aromatic heterocycles. The summed E-state index contributed by atoms with van der Waals surface area (Å²) in [6.07, 6.45) is -1.17. The first-order valence-corrected chi connectivity index (χ1v) is 12.4. The molecule has 200 valence electrons. The van der Waals surface area contributed by atoms with Crippen LogP contribution in [0.25, 0.3) is 0 Å². The zero-order valence-electron chi connectivity index (χ0n) is 20.1. The molecule has 3 N–H and O–H groups in total. The molecule has 1 aliphatic rings. The number of rotatable bonds is 10. The summed E-state index contributed by atoms with van der Waals surface area (Å²) in [6, 6.07) is 7.74. The van der Waals surface area contributed by atoms with Crippen molar-refractivity contribution in [2.24, 2.45) is 0 Å². The van der Waals surface area contributed by atoms with Crippen molar-refractivity contribution in [2.75, 3.05) is 12.3 Å². The van der Waals surface area contributed by atoms with Crippen molar-refractivity contribution in [1.82, 2.24) is 14.8 Å². The van der Waals surface area contributed by atoms with Gasteiger partial charge in [0, 0.05) is 0 Å². The first kappa shape index (κ1) is 28.2. The maximum Gasteiger partial charge on any atom is 0.530 e. The Morgan fingerprint density at radius 1 is 1.38 bits per heavy atom. The zero-order chi connectivity index (χ0) is 27.4. The molecule has 1 unspecified atom stereocenters. The van der Waals surface area contributed by atoms with Crippen molar-refractivity contribution in [3.63, 3.8) is 0 Å². The number of aliphatic hydroxyl groups is 1. The number of nitrogens with two attached hydrogens (primary N) is 1. The van der Waals surface area contributed by atoms with Gasteiger partial charge in [0.25, 0.3) is 0 Å². The smallest absolute Gasteiger partial charge is 0.461 e. The van der Waals surface area contributed by atoms with Crippen molar-refractivity contribution in [3.8, 4) is 18.1 Å². The third-order valence-corrected chi connectivity index (χ3v) is 6.43. The van der Waals surface area contributed by atoms with E-state index in [1.807, 2.05) is 0 Å². The van der Waals surface area contributed by atoms with E-state index in [-0.39, 0.29) is 11.6 Å². The predicted molar refractivity (Wildman–Crippen MR) is 126 cm³/mol. The molecule has 1 saturated heterocycles. The van der Waals surface area contributed by atoms with Crippen molar-refractivity contribution >= 4 is 19.6 Å². The number of benzene rings is 1. The van der Waals surface area contributed by atoms with Gasteiger partial charge in [0.2, 0.25) is 11.9 Å². The Kier molecular flexibility index (Phi) is 8.68. The molecule has 2 heterocycles. The second-order valence-electron chi connectivity index (χ2n) is 8.17. The summed E-state index contributed by atoms with van der Waals surface area (Å²) in [5.41, 5.74) is 1.36. The summed E-state index contributed by atoms with van der Waals surface area (Å²) in [4.78, 5) is 27.8. The van der Waals surface area contributed by atoms with Crippen LogP contribution in [0, 0.1) is 12.3 Å². The average molecular weight is 540 g/mol. The number of aromatic nitrogens is 3. The number of carbonyl (C=O) groups excluding carboxylic acids is 1. The maximum absolute atomic E-state index is 15.6. The van der Waals surface area contributed by atoms with E-state index < -0.39 is 62.4 Å². The second kappa shape index (κ2) is 11.4. The topological polar surface area (TPSA) is 174 Å². The minimum atomic E-state index is -4.61. The number of alkyl halides is 1. The van der Waals surface area contributed by atoms with Crippen LogP contribution in [0.1, 0.15) is 27.0 Å². The average Bonchev–Trinajstić information content (AvgIpc) is 3.08. The summed E-state index contributed by atoms with van der Waals surface area (Å²) in [6.45, 7) is 3.70. The molecular formula is C22H26FN4O9P. The number of esters is 1. The van der Waals surface area contributed by atoms with Crippen molar-refractivity contribution in [2.45, 2.75) is 57.1 Å². The molecule has 0 radical (unpaired) electrons. The number of anilines is 1. The van der Waals surface area contributed by atoms with Crippen LogP contribution in [0.3, 0.4) is 0 Å². The molecule has 0 aliphatic carbocycles. The van der Waals surface area contributed by atoms with E-state index in [1.165, 1.54) is 19.1 Å². The minimum absolute atomic E-state index is 0.0631. The quantitative estimate of drug-likeness (QED) is 0.252. The molecule has 1 aliphatic heterocycles. The monoisotopic (exact) mass is 540 g/mol. The van der Waals surface area contributed by atoms with Gasteiger partial charge in [-0.05, 0) is 32.9 Å². The standard InChI is InChI=1S/C22H26FN4O9P/c1-5-22(23)18(28)16(34-20(22)27-21(30)26-17(24)11-25-27)12-32-37(31,36-15-9-7-6-8-10-15)35-14(4)19(29)33-13(2)3/h1,6-11,13-14,16,18,20,28H,12H2,2-4H3,(H2,24,26,30)/t14-,16+,18?,20+,22+,37-/m0/s1. The van der Waals surface area contributed by atoms with E-state index in [0.29, 0.717) is 4.68 Å². The number of halogens is 1. The normalized spacial score (nSPS) is 25.7. The zero-order valence-corrected chi connectivity index (χ0v) is 21.0. The number of ether oxygens (including phenoxy) is 2. The number of phosphoric acid groups is 1. The van der Waals surface area contributed by atoms with E-state index >= 15 is 4.39 Å².